The van der Waals surface area contributed by atoms with E-state index in [4.69, 9.17) is 0 Å². The van der Waals surface area contributed by atoms with E-state index in [9.17, 15) is 14.4 Å². The topological polar surface area (TPSA) is 78.2 Å². The Morgan fingerprint density at radius 2 is 1.97 bits per heavy atom. The fraction of sp³-hybridized carbons (Fsp3) is 0.259. The monoisotopic (exact) mass is 458 g/mol. The molecule has 2 aromatic heterocycles. The number of nitrogens with one attached hydrogen (secondary N) is 1. The molecule has 0 spiro atoms. The smallest absolute Gasteiger partial charge is 0.197 e. The van der Waals surface area contributed by atoms with Gasteiger partial charge in [0, 0.05) is 75.3 Å². The van der Waals surface area contributed by atoms with Gasteiger partial charge >= 0.3 is 0 Å². The van der Waals surface area contributed by atoms with Crippen LogP contribution in [-0.2, 0) is 29.5 Å². The van der Waals surface area contributed by atoms with E-state index in [2.05, 4.69) is 52.0 Å². The molecule has 0 aliphatic heterocycles. The summed E-state index contributed by atoms with van der Waals surface area (Å²) in [6.07, 6.45) is 3.38. The van der Waals surface area contributed by atoms with Crippen molar-refractivity contribution in [1.29, 1.82) is 0 Å². The van der Waals surface area contributed by atoms with Crippen LogP contribution in [0.15, 0.2) is 48.7 Å². The Balaban J connectivity index is 1.76. The second kappa shape index (κ2) is 7.75. The van der Waals surface area contributed by atoms with Gasteiger partial charge in [-0.15, -0.1) is 0 Å². The Kier molecular flexibility index (Phi) is 4.82. The third-order valence-corrected chi connectivity index (χ3v) is 8.24. The fourth-order valence-electron chi connectivity index (χ4n) is 5.54. The highest BCUT2D eigenvalue weighted by molar-refractivity contribution is 7.84. The van der Waals surface area contributed by atoms with E-state index in [1.54, 1.807) is 0 Å². The van der Waals surface area contributed by atoms with Gasteiger partial charge in [-0.25, -0.2) is 0 Å². The van der Waals surface area contributed by atoms with Crippen LogP contribution < -0.4 is 0 Å². The highest BCUT2D eigenvalue weighted by Gasteiger charge is 2.29. The van der Waals surface area contributed by atoms with Crippen molar-refractivity contribution in [2.75, 3.05) is 12.4 Å². The number of nitrogens with zero attached hydrogens (tertiary/aromatic N) is 1. The number of benzene rings is 3. The van der Waals surface area contributed by atoms with Crippen molar-refractivity contribution in [3.8, 4) is 17.0 Å². The first-order valence-corrected chi connectivity index (χ1v) is 12.9. The third kappa shape index (κ3) is 2.97. The largest absolute Gasteiger partial charge is 0.494 e. The van der Waals surface area contributed by atoms with Crippen molar-refractivity contribution in [3.05, 3.63) is 65.4 Å². The molecule has 2 heterocycles. The van der Waals surface area contributed by atoms with Gasteiger partial charge in [0.15, 0.2) is 5.88 Å². The lowest BCUT2D eigenvalue weighted by Crippen LogP contribution is -2.02. The minimum Gasteiger partial charge on any atom is -0.494 e. The zero-order chi connectivity index (χ0) is 22.7. The van der Waals surface area contributed by atoms with Crippen molar-refractivity contribution < 1.29 is 14.4 Å². The van der Waals surface area contributed by atoms with Gasteiger partial charge < -0.3 is 19.8 Å². The summed E-state index contributed by atoms with van der Waals surface area (Å²) in [6.45, 7) is 2.79. The number of rotatable bonds is 6. The molecule has 5 aromatic rings. The van der Waals surface area contributed by atoms with Crippen LogP contribution in [0.5, 0.6) is 5.88 Å². The van der Waals surface area contributed by atoms with Gasteiger partial charge in [0.25, 0.3) is 0 Å². The highest BCUT2D eigenvalue weighted by atomic mass is 32.2. The minimum atomic E-state index is -0.888. The molecule has 0 saturated carbocycles. The van der Waals surface area contributed by atoms with E-state index < -0.39 is 10.8 Å². The van der Waals surface area contributed by atoms with Crippen molar-refractivity contribution in [2.24, 2.45) is 0 Å². The molecule has 1 aliphatic rings. The fourth-order valence-corrected chi connectivity index (χ4v) is 6.29. The number of aromatic hydroxyl groups is 1. The Hall–Kier alpha value is -3.09. The maximum Gasteiger partial charge on any atom is 0.197 e. The Morgan fingerprint density at radius 1 is 1.12 bits per heavy atom. The Morgan fingerprint density at radius 3 is 2.79 bits per heavy atom. The molecule has 168 valence electrons. The van der Waals surface area contributed by atoms with Gasteiger partial charge in [-0.05, 0) is 40.8 Å². The van der Waals surface area contributed by atoms with Crippen LogP contribution in [0, 0.1) is 0 Å². The number of fused-ring (bicyclic) bond motifs is 10. The maximum atomic E-state index is 12.3. The number of H-pyrrole nitrogens is 1. The van der Waals surface area contributed by atoms with Crippen LogP contribution in [0.2, 0.25) is 0 Å². The van der Waals surface area contributed by atoms with Crippen LogP contribution in [0.4, 0.5) is 0 Å². The molecular weight excluding hydrogens is 432 g/mol. The van der Waals surface area contributed by atoms with Crippen LogP contribution in [-0.4, -0.2) is 36.3 Å². The van der Waals surface area contributed by atoms with Gasteiger partial charge in [-0.3, -0.25) is 4.21 Å². The molecule has 0 bridgehead atoms. The molecule has 0 radical (unpaired) electrons. The molecule has 1 unspecified atom stereocenters. The predicted molar refractivity (Wildman–Crippen MR) is 135 cm³/mol. The average molecular weight is 459 g/mol. The molecule has 1 aliphatic carbocycles. The number of aliphatic hydroxyl groups is 1. The van der Waals surface area contributed by atoms with Gasteiger partial charge in [0.1, 0.15) is 0 Å². The zero-order valence-corrected chi connectivity index (χ0v) is 19.3. The number of aliphatic hydroxyl groups excluding tert-OH is 1. The second-order valence-corrected chi connectivity index (χ2v) is 10.5. The Bertz CT molecular complexity index is 1580. The van der Waals surface area contributed by atoms with Crippen molar-refractivity contribution in [1.82, 2.24) is 9.55 Å². The number of aromatic nitrogens is 2. The molecule has 0 fully saturated rings. The van der Waals surface area contributed by atoms with E-state index in [0.29, 0.717) is 24.5 Å². The normalized spacial score (nSPS) is 13.8. The summed E-state index contributed by atoms with van der Waals surface area (Å²) in [5.74, 6) is 1.37. The van der Waals surface area contributed by atoms with E-state index in [1.807, 2.05) is 13.1 Å². The first-order chi connectivity index (χ1) is 16.1. The summed E-state index contributed by atoms with van der Waals surface area (Å²) in [5, 5.41) is 24.5. The molecule has 33 heavy (non-hydrogen) atoms. The molecule has 5 nitrogen and oxygen atoms in total. The summed E-state index contributed by atoms with van der Waals surface area (Å²) in [5.41, 5.74) is 8.10. The zero-order valence-electron chi connectivity index (χ0n) is 18.5. The average Bonchev–Trinajstić information content (AvgIpc) is 3.48. The lowest BCUT2D eigenvalue weighted by Gasteiger charge is -2.12. The van der Waals surface area contributed by atoms with Crippen LogP contribution in [0.1, 0.15) is 30.0 Å². The van der Waals surface area contributed by atoms with Gasteiger partial charge in [0.05, 0.1) is 10.9 Å². The van der Waals surface area contributed by atoms with Crippen molar-refractivity contribution in [2.45, 2.75) is 32.1 Å². The lowest BCUT2D eigenvalue weighted by atomic mass is 9.96. The highest BCUT2D eigenvalue weighted by Crippen LogP contribution is 2.50. The van der Waals surface area contributed by atoms with Crippen molar-refractivity contribution in [3.63, 3.8) is 0 Å². The molecule has 0 saturated heterocycles. The molecule has 1 atom stereocenters. The molecular formula is C27H26N2O3S. The molecule has 6 rings (SSSR count). The second-order valence-electron chi connectivity index (χ2n) is 8.79. The van der Waals surface area contributed by atoms with E-state index in [-0.39, 0.29) is 12.5 Å². The lowest BCUT2D eigenvalue weighted by molar-refractivity contribution is 0.281. The van der Waals surface area contributed by atoms with E-state index >= 15 is 0 Å². The summed E-state index contributed by atoms with van der Waals surface area (Å²) >= 11 is 0. The molecule has 3 aromatic carbocycles. The quantitative estimate of drug-likeness (QED) is 0.321. The van der Waals surface area contributed by atoms with Crippen LogP contribution in [0.25, 0.3) is 43.7 Å². The number of hydrogen-bond acceptors (Lipinski definition) is 3. The third-order valence-electron chi connectivity index (χ3n) is 6.94. The number of aromatic amines is 1. The Labute approximate surface area is 194 Å². The molecule has 3 N–H and O–H groups in total. The SMILES string of the molecule is CCS(=O)Cc1ccc2c(c1)c1c3c[nH]c(O)c3c3c(c1n2CCCO)Cc1ccccc1-3. The number of hydrogen-bond donors (Lipinski definition) is 3. The summed E-state index contributed by atoms with van der Waals surface area (Å²) in [4.78, 5) is 3.06. The van der Waals surface area contributed by atoms with E-state index in [0.717, 1.165) is 44.6 Å². The van der Waals surface area contributed by atoms with Gasteiger partial charge in [0.2, 0.25) is 0 Å². The first-order valence-electron chi connectivity index (χ1n) is 11.5. The predicted octanol–water partition coefficient (Wildman–Crippen LogP) is 5.20. The molecule has 0 amide bonds. The minimum absolute atomic E-state index is 0.129. The molecule has 6 heteroatoms. The standard InChI is InChI=1S/C27H26N2O3S/c1-2-33(32)15-16-8-9-22-19(12-16)24-21-14-28-27(31)25(21)23-18-7-4-3-6-17(18)13-20(23)26(24)29(22)10-5-11-30/h3-4,6-9,12,14,28,30-31H,2,5,10-11,13,15H2,1H3. The summed E-state index contributed by atoms with van der Waals surface area (Å²) < 4.78 is 14.6. The first kappa shape index (κ1) is 20.5. The van der Waals surface area contributed by atoms with E-state index in [1.165, 1.54) is 22.2 Å². The van der Waals surface area contributed by atoms with Crippen molar-refractivity contribution >= 4 is 43.4 Å². The number of aryl methyl sites for hydroxylation is 1. The summed E-state index contributed by atoms with van der Waals surface area (Å²) in [7, 11) is -0.888. The van der Waals surface area contributed by atoms with Crippen LogP contribution in [0.3, 0.4) is 0 Å². The summed E-state index contributed by atoms with van der Waals surface area (Å²) in [6, 6.07) is 14.8. The van der Waals surface area contributed by atoms with Gasteiger partial charge in [-0.1, -0.05) is 37.3 Å². The van der Waals surface area contributed by atoms with Gasteiger partial charge in [-0.2, -0.15) is 0 Å². The maximum absolute atomic E-state index is 12.3. The van der Waals surface area contributed by atoms with Crippen LogP contribution >= 0.6 is 0 Å².